The van der Waals surface area contributed by atoms with Gasteiger partial charge in [-0.25, -0.2) is 4.39 Å². The summed E-state index contributed by atoms with van der Waals surface area (Å²) in [6.45, 7) is 0.648. The van der Waals surface area contributed by atoms with Gasteiger partial charge in [-0.3, -0.25) is 0 Å². The maximum absolute atomic E-state index is 12.9. The molecule has 0 saturated carbocycles. The summed E-state index contributed by atoms with van der Waals surface area (Å²) >= 11 is 5.75. The molecule has 78 valence electrons. The first-order valence-electron chi connectivity index (χ1n) is 4.53. The summed E-state index contributed by atoms with van der Waals surface area (Å²) in [5, 5.41) is 7.66. The molecule has 0 N–H and O–H groups in total. The smallest absolute Gasteiger partial charge is 0.224 e. The number of aryl methyl sites for hydroxylation is 2. The van der Waals surface area contributed by atoms with Crippen LogP contribution in [0.15, 0.2) is 30.6 Å². The molecular formula is C10H9ClFN3. The monoisotopic (exact) mass is 225 g/mol. The first-order valence-corrected chi connectivity index (χ1v) is 4.91. The van der Waals surface area contributed by atoms with E-state index < -0.39 is 0 Å². The fraction of sp³-hybridized carbons (Fsp3) is 0.200. The SMILES string of the molecule is Fc1cccc(CCn2cnnc2Cl)c1. The van der Waals surface area contributed by atoms with Crippen LogP contribution in [0.3, 0.4) is 0 Å². The van der Waals surface area contributed by atoms with E-state index in [-0.39, 0.29) is 5.82 Å². The van der Waals surface area contributed by atoms with E-state index in [1.165, 1.54) is 12.1 Å². The summed E-state index contributed by atoms with van der Waals surface area (Å²) in [5.41, 5.74) is 0.930. The molecule has 2 aromatic rings. The highest BCUT2D eigenvalue weighted by Crippen LogP contribution is 2.08. The third kappa shape index (κ3) is 2.53. The highest BCUT2D eigenvalue weighted by Gasteiger charge is 2.01. The Morgan fingerprint density at radius 2 is 2.27 bits per heavy atom. The zero-order valence-electron chi connectivity index (χ0n) is 7.90. The number of rotatable bonds is 3. The van der Waals surface area contributed by atoms with Crippen LogP contribution in [0.2, 0.25) is 5.28 Å². The Bertz CT molecular complexity index is 455. The van der Waals surface area contributed by atoms with Gasteiger partial charge in [0.25, 0.3) is 0 Å². The molecule has 5 heteroatoms. The highest BCUT2D eigenvalue weighted by molar-refractivity contribution is 6.28. The van der Waals surface area contributed by atoms with E-state index in [9.17, 15) is 4.39 Å². The molecule has 0 saturated heterocycles. The molecule has 0 aliphatic heterocycles. The number of hydrogen-bond acceptors (Lipinski definition) is 2. The topological polar surface area (TPSA) is 30.7 Å². The molecule has 0 radical (unpaired) electrons. The van der Waals surface area contributed by atoms with Gasteiger partial charge in [-0.15, -0.1) is 10.2 Å². The van der Waals surface area contributed by atoms with Gasteiger partial charge in [-0.2, -0.15) is 0 Å². The molecule has 1 heterocycles. The van der Waals surface area contributed by atoms with Crippen molar-refractivity contribution in [1.29, 1.82) is 0 Å². The third-order valence-corrected chi connectivity index (χ3v) is 2.39. The van der Waals surface area contributed by atoms with Crippen LogP contribution in [0.5, 0.6) is 0 Å². The Morgan fingerprint density at radius 3 is 2.93 bits per heavy atom. The lowest BCUT2D eigenvalue weighted by atomic mass is 10.1. The summed E-state index contributed by atoms with van der Waals surface area (Å²) in [4.78, 5) is 0. The minimum Gasteiger partial charge on any atom is -0.304 e. The van der Waals surface area contributed by atoms with Crippen LogP contribution >= 0.6 is 11.6 Å². The summed E-state index contributed by atoms with van der Waals surface area (Å²) in [5.74, 6) is -0.220. The number of aromatic nitrogens is 3. The molecule has 2 rings (SSSR count). The number of nitrogens with zero attached hydrogens (tertiary/aromatic N) is 3. The minimum absolute atomic E-state index is 0.220. The third-order valence-electron chi connectivity index (χ3n) is 2.10. The Balaban J connectivity index is 2.02. The molecule has 0 amide bonds. The minimum atomic E-state index is -0.220. The van der Waals surface area contributed by atoms with Crippen molar-refractivity contribution in [2.45, 2.75) is 13.0 Å². The van der Waals surface area contributed by atoms with Crippen molar-refractivity contribution in [2.24, 2.45) is 0 Å². The van der Waals surface area contributed by atoms with E-state index in [1.54, 1.807) is 17.0 Å². The molecule has 0 atom stereocenters. The second kappa shape index (κ2) is 4.40. The van der Waals surface area contributed by atoms with E-state index in [1.807, 2.05) is 6.07 Å². The van der Waals surface area contributed by atoms with E-state index in [0.717, 1.165) is 5.56 Å². The van der Waals surface area contributed by atoms with Crippen LogP contribution < -0.4 is 0 Å². The number of halogens is 2. The fourth-order valence-electron chi connectivity index (χ4n) is 1.33. The second-order valence-corrected chi connectivity index (χ2v) is 3.51. The molecule has 0 fully saturated rings. The van der Waals surface area contributed by atoms with Crippen molar-refractivity contribution in [3.63, 3.8) is 0 Å². The van der Waals surface area contributed by atoms with Gasteiger partial charge in [0.1, 0.15) is 12.1 Å². The van der Waals surface area contributed by atoms with Crippen molar-refractivity contribution in [3.8, 4) is 0 Å². The lowest BCUT2D eigenvalue weighted by molar-refractivity contribution is 0.621. The molecule has 1 aromatic carbocycles. The van der Waals surface area contributed by atoms with Gasteiger partial charge in [0.2, 0.25) is 5.28 Å². The standard InChI is InChI=1S/C10H9ClFN3/c11-10-14-13-7-15(10)5-4-8-2-1-3-9(12)6-8/h1-3,6-7H,4-5H2. The fourth-order valence-corrected chi connectivity index (χ4v) is 1.50. The van der Waals surface area contributed by atoms with Crippen molar-refractivity contribution < 1.29 is 4.39 Å². The van der Waals surface area contributed by atoms with Crippen LogP contribution in [0.25, 0.3) is 0 Å². The van der Waals surface area contributed by atoms with Gasteiger partial charge in [-0.05, 0) is 35.7 Å². The van der Waals surface area contributed by atoms with Crippen LogP contribution in [-0.4, -0.2) is 14.8 Å². The van der Waals surface area contributed by atoms with E-state index in [4.69, 9.17) is 11.6 Å². The summed E-state index contributed by atoms with van der Waals surface area (Å²) in [6.07, 6.45) is 2.26. The molecule has 0 aliphatic carbocycles. The van der Waals surface area contributed by atoms with Crippen molar-refractivity contribution in [1.82, 2.24) is 14.8 Å². The average molecular weight is 226 g/mol. The second-order valence-electron chi connectivity index (χ2n) is 3.17. The molecule has 1 aromatic heterocycles. The number of benzene rings is 1. The zero-order chi connectivity index (χ0) is 10.7. The van der Waals surface area contributed by atoms with E-state index in [2.05, 4.69) is 10.2 Å². The van der Waals surface area contributed by atoms with E-state index in [0.29, 0.717) is 18.2 Å². The summed E-state index contributed by atoms with van der Waals surface area (Å²) in [7, 11) is 0. The van der Waals surface area contributed by atoms with Gasteiger partial charge < -0.3 is 4.57 Å². The molecular weight excluding hydrogens is 217 g/mol. The maximum Gasteiger partial charge on any atom is 0.224 e. The lowest BCUT2D eigenvalue weighted by Gasteiger charge is -2.02. The van der Waals surface area contributed by atoms with Gasteiger partial charge in [0.05, 0.1) is 0 Å². The molecule has 15 heavy (non-hydrogen) atoms. The molecule has 0 aliphatic rings. The Morgan fingerprint density at radius 1 is 1.40 bits per heavy atom. The first-order chi connectivity index (χ1) is 7.25. The summed E-state index contributed by atoms with van der Waals surface area (Å²) < 4.78 is 14.6. The predicted octanol–water partition coefficient (Wildman–Crippen LogP) is 2.31. The van der Waals surface area contributed by atoms with Crippen molar-refractivity contribution in [2.75, 3.05) is 0 Å². The maximum atomic E-state index is 12.9. The van der Waals surface area contributed by atoms with Crippen LogP contribution in [0.1, 0.15) is 5.56 Å². The molecule has 0 spiro atoms. The van der Waals surface area contributed by atoms with Gasteiger partial charge in [-0.1, -0.05) is 12.1 Å². The number of hydrogen-bond donors (Lipinski definition) is 0. The van der Waals surface area contributed by atoms with Crippen LogP contribution in [0.4, 0.5) is 4.39 Å². The van der Waals surface area contributed by atoms with Gasteiger partial charge >= 0.3 is 0 Å². The van der Waals surface area contributed by atoms with E-state index >= 15 is 0 Å². The van der Waals surface area contributed by atoms with Gasteiger partial charge in [0, 0.05) is 6.54 Å². The van der Waals surface area contributed by atoms with Crippen LogP contribution in [0, 0.1) is 5.82 Å². The molecule has 0 unspecified atom stereocenters. The normalized spacial score (nSPS) is 10.5. The first kappa shape index (κ1) is 10.1. The van der Waals surface area contributed by atoms with Crippen molar-refractivity contribution >= 4 is 11.6 Å². The Labute approximate surface area is 91.5 Å². The summed E-state index contributed by atoms with van der Waals surface area (Å²) in [6, 6.07) is 6.51. The zero-order valence-corrected chi connectivity index (χ0v) is 8.65. The van der Waals surface area contributed by atoms with Gasteiger partial charge in [0.15, 0.2) is 0 Å². The average Bonchev–Trinajstić information content (AvgIpc) is 2.61. The highest BCUT2D eigenvalue weighted by atomic mass is 35.5. The van der Waals surface area contributed by atoms with Crippen molar-refractivity contribution in [3.05, 3.63) is 47.3 Å². The predicted molar refractivity (Wildman–Crippen MR) is 55.1 cm³/mol. The molecule has 3 nitrogen and oxygen atoms in total. The lowest BCUT2D eigenvalue weighted by Crippen LogP contribution is -2.00. The molecule has 0 bridgehead atoms. The Kier molecular flexibility index (Phi) is 2.97. The van der Waals surface area contributed by atoms with Crippen LogP contribution in [-0.2, 0) is 13.0 Å². The largest absolute Gasteiger partial charge is 0.304 e. The quantitative estimate of drug-likeness (QED) is 0.803. The Hall–Kier alpha value is -1.42.